The van der Waals surface area contributed by atoms with Gasteiger partial charge in [0, 0.05) is 19.1 Å². The molecule has 4 rings (SSSR count). The zero-order valence-electron chi connectivity index (χ0n) is 16.6. The molecule has 0 saturated heterocycles. The first-order chi connectivity index (χ1) is 14.6. The average Bonchev–Trinajstić information content (AvgIpc) is 3.58. The smallest absolute Gasteiger partial charge is 0.221 e. The van der Waals surface area contributed by atoms with Crippen molar-refractivity contribution in [2.75, 3.05) is 10.2 Å². The van der Waals surface area contributed by atoms with E-state index >= 15 is 4.39 Å². The number of rotatable bonds is 9. The van der Waals surface area contributed by atoms with Crippen LogP contribution in [0.3, 0.4) is 0 Å². The number of aromatic nitrogens is 2. The van der Waals surface area contributed by atoms with Crippen molar-refractivity contribution in [1.82, 2.24) is 9.97 Å². The highest BCUT2D eigenvalue weighted by molar-refractivity contribution is 5.76. The molecule has 0 unspecified atom stereocenters. The monoisotopic (exact) mass is 405 g/mol. The number of halogens is 1. The normalized spacial score (nSPS) is 13.1. The molecule has 1 aromatic heterocycles. The first-order valence-corrected chi connectivity index (χ1v) is 10.0. The molecule has 1 aliphatic carbocycles. The molecular weight excluding hydrogens is 381 g/mol. The van der Waals surface area contributed by atoms with Gasteiger partial charge in [0.05, 0.1) is 6.42 Å². The van der Waals surface area contributed by atoms with Gasteiger partial charge in [-0.3, -0.25) is 4.79 Å². The van der Waals surface area contributed by atoms with Crippen molar-refractivity contribution in [3.05, 3.63) is 83.4 Å². The van der Waals surface area contributed by atoms with E-state index in [0.717, 1.165) is 29.5 Å². The summed E-state index contributed by atoms with van der Waals surface area (Å²) in [7, 11) is 0. The van der Waals surface area contributed by atoms with Crippen LogP contribution < -0.4 is 16.0 Å². The first-order valence-electron chi connectivity index (χ1n) is 10.0. The minimum Gasteiger partial charge on any atom is -0.369 e. The van der Waals surface area contributed by atoms with Crippen molar-refractivity contribution >= 4 is 17.5 Å². The van der Waals surface area contributed by atoms with Crippen molar-refractivity contribution in [1.29, 1.82) is 0 Å². The molecule has 6 nitrogen and oxygen atoms in total. The van der Waals surface area contributed by atoms with Crippen LogP contribution in [0.4, 0.5) is 16.0 Å². The van der Waals surface area contributed by atoms with Crippen LogP contribution in [0.25, 0.3) is 0 Å². The Hall–Kier alpha value is -3.48. The lowest BCUT2D eigenvalue weighted by molar-refractivity contribution is -0.117. The van der Waals surface area contributed by atoms with Crippen molar-refractivity contribution in [2.45, 2.75) is 38.4 Å². The van der Waals surface area contributed by atoms with Gasteiger partial charge in [-0.2, -0.15) is 4.39 Å². The van der Waals surface area contributed by atoms with Crippen LogP contribution in [0.2, 0.25) is 0 Å². The lowest BCUT2D eigenvalue weighted by Gasteiger charge is -2.24. The molecule has 0 atom stereocenters. The molecule has 1 amide bonds. The molecule has 1 heterocycles. The quantitative estimate of drug-likeness (QED) is 0.570. The average molecular weight is 405 g/mol. The lowest BCUT2D eigenvalue weighted by atomic mass is 10.1. The van der Waals surface area contributed by atoms with Crippen LogP contribution in [0, 0.1) is 5.82 Å². The van der Waals surface area contributed by atoms with Gasteiger partial charge in [-0.05, 0) is 29.5 Å². The molecule has 7 heteroatoms. The van der Waals surface area contributed by atoms with Crippen molar-refractivity contribution in [2.24, 2.45) is 5.73 Å². The van der Waals surface area contributed by atoms with E-state index in [1.165, 1.54) is 6.33 Å². The van der Waals surface area contributed by atoms with E-state index < -0.39 is 5.82 Å². The third-order valence-corrected chi connectivity index (χ3v) is 5.09. The Balaban J connectivity index is 1.47. The predicted octanol–water partition coefficient (Wildman–Crippen LogP) is 3.42. The van der Waals surface area contributed by atoms with Gasteiger partial charge >= 0.3 is 0 Å². The zero-order chi connectivity index (χ0) is 20.9. The molecule has 3 aromatic rings. The Morgan fingerprint density at radius 3 is 2.40 bits per heavy atom. The van der Waals surface area contributed by atoms with E-state index in [-0.39, 0.29) is 18.1 Å². The Labute approximate surface area is 175 Å². The Kier molecular flexibility index (Phi) is 5.88. The Morgan fingerprint density at radius 2 is 1.73 bits per heavy atom. The maximum Gasteiger partial charge on any atom is 0.221 e. The second kappa shape index (κ2) is 8.90. The molecular formula is C23H24FN5O. The van der Waals surface area contributed by atoms with Crippen LogP contribution in [-0.2, 0) is 24.3 Å². The highest BCUT2D eigenvalue weighted by Gasteiger charge is 2.32. The van der Waals surface area contributed by atoms with E-state index in [1.807, 2.05) is 59.5 Å². The molecule has 0 radical (unpaired) electrons. The highest BCUT2D eigenvalue weighted by Crippen LogP contribution is 2.34. The summed E-state index contributed by atoms with van der Waals surface area (Å²) in [5, 5.41) is 3.06. The van der Waals surface area contributed by atoms with Crippen LogP contribution in [0.5, 0.6) is 0 Å². The summed E-state index contributed by atoms with van der Waals surface area (Å²) < 4.78 is 15.2. The van der Waals surface area contributed by atoms with Gasteiger partial charge in [0.1, 0.15) is 6.33 Å². The summed E-state index contributed by atoms with van der Waals surface area (Å²) >= 11 is 0. The van der Waals surface area contributed by atoms with Gasteiger partial charge in [0.2, 0.25) is 11.7 Å². The van der Waals surface area contributed by atoms with E-state index in [0.29, 0.717) is 24.9 Å². The van der Waals surface area contributed by atoms with Crippen molar-refractivity contribution in [3.63, 3.8) is 0 Å². The number of nitrogens with zero attached hydrogens (tertiary/aromatic N) is 3. The molecule has 3 N–H and O–H groups in total. The van der Waals surface area contributed by atoms with Gasteiger partial charge in [-0.1, -0.05) is 54.6 Å². The Bertz CT molecular complexity index is 1010. The first kappa shape index (κ1) is 19.8. The second-order valence-electron chi connectivity index (χ2n) is 7.52. The van der Waals surface area contributed by atoms with E-state index in [2.05, 4.69) is 15.3 Å². The largest absolute Gasteiger partial charge is 0.369 e. The molecule has 30 heavy (non-hydrogen) atoms. The summed E-state index contributed by atoms with van der Waals surface area (Å²) in [6.45, 7) is 1.02. The third-order valence-electron chi connectivity index (χ3n) is 5.09. The number of hydrogen-bond donors (Lipinski definition) is 2. The maximum atomic E-state index is 15.2. The fourth-order valence-electron chi connectivity index (χ4n) is 3.39. The third kappa shape index (κ3) is 4.92. The molecule has 1 aliphatic rings. The molecule has 0 spiro atoms. The van der Waals surface area contributed by atoms with Gasteiger partial charge in [-0.15, -0.1) is 0 Å². The van der Waals surface area contributed by atoms with E-state index in [1.54, 1.807) is 0 Å². The predicted molar refractivity (Wildman–Crippen MR) is 114 cm³/mol. The Morgan fingerprint density at radius 1 is 1.03 bits per heavy atom. The van der Waals surface area contributed by atoms with Crippen LogP contribution in [0.1, 0.15) is 29.5 Å². The molecule has 154 valence electrons. The van der Waals surface area contributed by atoms with Gasteiger partial charge < -0.3 is 16.0 Å². The van der Waals surface area contributed by atoms with Gasteiger partial charge in [-0.25, -0.2) is 9.97 Å². The van der Waals surface area contributed by atoms with Crippen LogP contribution in [0.15, 0.2) is 60.9 Å². The summed E-state index contributed by atoms with van der Waals surface area (Å²) in [6.07, 6.45) is 3.68. The van der Waals surface area contributed by atoms with E-state index in [4.69, 9.17) is 5.73 Å². The van der Waals surface area contributed by atoms with E-state index in [9.17, 15) is 4.79 Å². The lowest BCUT2D eigenvalue weighted by Crippen LogP contribution is -2.27. The summed E-state index contributed by atoms with van der Waals surface area (Å²) in [5.74, 6) is -0.298. The highest BCUT2D eigenvalue weighted by atomic mass is 19.1. The topological polar surface area (TPSA) is 84.1 Å². The SMILES string of the molecule is NC(=O)Cc1ccc(CNc2ncnc(N(Cc3ccccc3)C3CC3)c2F)cc1. The number of primary amides is 1. The number of amides is 1. The number of carbonyl (C=O) groups excluding carboxylic acids is 1. The number of hydrogen-bond acceptors (Lipinski definition) is 5. The fourth-order valence-corrected chi connectivity index (χ4v) is 3.39. The summed E-state index contributed by atoms with van der Waals surface area (Å²) in [5.41, 5.74) is 8.13. The number of benzene rings is 2. The van der Waals surface area contributed by atoms with Crippen LogP contribution in [-0.4, -0.2) is 21.9 Å². The zero-order valence-corrected chi connectivity index (χ0v) is 16.6. The van der Waals surface area contributed by atoms with Crippen molar-refractivity contribution in [3.8, 4) is 0 Å². The van der Waals surface area contributed by atoms with Gasteiger partial charge in [0.15, 0.2) is 11.6 Å². The summed E-state index contributed by atoms with van der Waals surface area (Å²) in [4.78, 5) is 21.4. The standard InChI is InChI=1S/C23H24FN5O/c24-21-22(26-13-17-8-6-16(7-9-17)12-20(25)30)27-15-28-23(21)29(19-10-11-19)14-18-4-2-1-3-5-18/h1-9,15,19H,10-14H2,(H2,25,30)(H,26,27,28). The molecule has 0 bridgehead atoms. The number of nitrogens with two attached hydrogens (primary N) is 1. The maximum absolute atomic E-state index is 15.2. The summed E-state index contributed by atoms with van der Waals surface area (Å²) in [6, 6.07) is 17.8. The number of nitrogens with one attached hydrogen (secondary N) is 1. The molecule has 2 aromatic carbocycles. The molecule has 1 saturated carbocycles. The second-order valence-corrected chi connectivity index (χ2v) is 7.52. The molecule has 0 aliphatic heterocycles. The molecule has 1 fully saturated rings. The van der Waals surface area contributed by atoms with Crippen molar-refractivity contribution < 1.29 is 9.18 Å². The van der Waals surface area contributed by atoms with Crippen LogP contribution >= 0.6 is 0 Å². The number of carbonyl (C=O) groups is 1. The minimum atomic E-state index is -0.439. The van der Waals surface area contributed by atoms with Gasteiger partial charge in [0.25, 0.3) is 0 Å². The number of anilines is 2. The fraction of sp³-hybridized carbons (Fsp3) is 0.261. The minimum absolute atomic E-state index is 0.180.